The average molecular weight is 662 g/mol. The summed E-state index contributed by atoms with van der Waals surface area (Å²) in [5, 5.41) is 0. The number of rotatable bonds is 8. The molecule has 0 saturated heterocycles. The molecule has 0 aliphatic heterocycles. The van der Waals surface area contributed by atoms with Crippen molar-refractivity contribution in [2.45, 2.75) is 32.1 Å². The third-order valence-electron chi connectivity index (χ3n) is 6.27. The molecule has 0 atom stereocenters. The van der Waals surface area contributed by atoms with E-state index in [1.807, 2.05) is 18.8 Å². The van der Waals surface area contributed by atoms with Crippen molar-refractivity contribution in [2.75, 3.05) is 6.61 Å². The van der Waals surface area contributed by atoms with Gasteiger partial charge in [0.15, 0.2) is 0 Å². The van der Waals surface area contributed by atoms with E-state index in [1.165, 1.54) is 0 Å². The Morgan fingerprint density at radius 3 is 1.67 bits per heavy atom. The lowest BCUT2D eigenvalue weighted by atomic mass is 10.0. The molecule has 0 amide bonds. The van der Waals surface area contributed by atoms with Crippen LogP contribution in [0, 0.1) is 52.6 Å². The van der Waals surface area contributed by atoms with E-state index in [4.69, 9.17) is 4.74 Å². The van der Waals surface area contributed by atoms with Crippen LogP contribution in [-0.4, -0.2) is 6.61 Å². The highest BCUT2D eigenvalue weighted by Crippen LogP contribution is 2.38. The van der Waals surface area contributed by atoms with Crippen LogP contribution in [0.1, 0.15) is 42.0 Å². The van der Waals surface area contributed by atoms with Crippen LogP contribution in [0.4, 0.5) is 52.7 Å². The molecule has 0 heterocycles. The van der Waals surface area contributed by atoms with Crippen LogP contribution < -0.4 is 9.47 Å². The molecule has 4 aromatic rings. The Hall–Kier alpha value is -4.80. The Bertz CT molecular complexity index is 1770. The van der Waals surface area contributed by atoms with Crippen molar-refractivity contribution >= 4 is 0 Å². The lowest BCUT2D eigenvalue weighted by molar-refractivity contribution is -0.189. The van der Waals surface area contributed by atoms with Crippen molar-refractivity contribution in [1.29, 1.82) is 0 Å². The maximum atomic E-state index is 14.9. The quantitative estimate of drug-likeness (QED) is 0.106. The molecule has 0 aliphatic rings. The van der Waals surface area contributed by atoms with E-state index in [1.54, 1.807) is 0 Å². The van der Waals surface area contributed by atoms with Gasteiger partial charge in [-0.3, -0.25) is 0 Å². The van der Waals surface area contributed by atoms with E-state index >= 15 is 0 Å². The number of halogens is 12. The largest absolute Gasteiger partial charge is 0.493 e. The van der Waals surface area contributed by atoms with Crippen molar-refractivity contribution < 1.29 is 62.2 Å². The Morgan fingerprint density at radius 2 is 1.15 bits per heavy atom. The second-order valence-corrected chi connectivity index (χ2v) is 9.60. The second kappa shape index (κ2) is 13.3. The highest BCUT2D eigenvalue weighted by molar-refractivity contribution is 5.66. The fourth-order valence-corrected chi connectivity index (χ4v) is 4.14. The molecular formula is C32H18F12O2. The van der Waals surface area contributed by atoms with Gasteiger partial charge in [-0.15, -0.1) is 0 Å². The van der Waals surface area contributed by atoms with Gasteiger partial charge in [-0.1, -0.05) is 25.2 Å². The number of benzene rings is 4. The van der Waals surface area contributed by atoms with E-state index in [9.17, 15) is 52.7 Å². The van der Waals surface area contributed by atoms with Crippen LogP contribution in [0.2, 0.25) is 0 Å². The minimum Gasteiger partial charge on any atom is -0.493 e. The van der Waals surface area contributed by atoms with Gasteiger partial charge in [0.05, 0.1) is 12.2 Å². The van der Waals surface area contributed by atoms with Crippen LogP contribution in [0.3, 0.4) is 0 Å². The fourth-order valence-electron chi connectivity index (χ4n) is 4.14. The summed E-state index contributed by atoms with van der Waals surface area (Å²) in [7, 11) is 0. The Labute approximate surface area is 253 Å². The third-order valence-corrected chi connectivity index (χ3v) is 6.27. The molecule has 46 heavy (non-hydrogen) atoms. The Balaban J connectivity index is 1.57. The molecule has 2 nitrogen and oxygen atoms in total. The van der Waals surface area contributed by atoms with Crippen molar-refractivity contribution in [3.8, 4) is 34.5 Å². The summed E-state index contributed by atoms with van der Waals surface area (Å²) >= 11 is 0. The average Bonchev–Trinajstić information content (AvgIpc) is 2.91. The Morgan fingerprint density at radius 1 is 0.609 bits per heavy atom. The third kappa shape index (κ3) is 7.52. The lowest BCUT2D eigenvalue weighted by Gasteiger charge is -2.20. The molecule has 0 saturated carbocycles. The summed E-state index contributed by atoms with van der Waals surface area (Å²) in [6.45, 7) is 1.92. The van der Waals surface area contributed by atoms with Crippen LogP contribution in [-0.2, 0) is 12.3 Å². The molecule has 0 fully saturated rings. The normalized spacial score (nSPS) is 11.7. The number of ether oxygens (including phenoxy) is 2. The molecule has 0 bridgehead atoms. The molecule has 0 N–H and O–H groups in total. The molecule has 4 aromatic carbocycles. The van der Waals surface area contributed by atoms with Gasteiger partial charge in [0.2, 0.25) is 0 Å². The lowest BCUT2D eigenvalue weighted by Crippen LogP contribution is -2.25. The topological polar surface area (TPSA) is 18.5 Å². The fraction of sp³-hybridized carbons (Fsp3) is 0.188. The van der Waals surface area contributed by atoms with Crippen molar-refractivity contribution in [3.63, 3.8) is 0 Å². The maximum Gasteiger partial charge on any atom is 0.432 e. The first-order valence-electron chi connectivity index (χ1n) is 13.1. The number of alkyl halides is 5. The van der Waals surface area contributed by atoms with Crippen molar-refractivity contribution in [2.24, 2.45) is 0 Å². The minimum atomic E-state index is -5.35. The number of unbranched alkanes of at least 4 members (excludes halogenated alkanes) is 1. The standard InChI is InChI=1S/C32H18F12O2/c1-2-3-8-45-19-14-27(38)30(28(39)15-19)32(43,44)46-18-5-7-20(24(35)13-18)17-11-22(33)21(23(34)12-17)6-4-16-9-25(36)29(26(37)10-16)31(40,41)42/h5,7,9-15H,2-3,8H2,1H3. The van der Waals surface area contributed by atoms with E-state index in [-0.39, 0.29) is 24.5 Å². The van der Waals surface area contributed by atoms with Crippen LogP contribution in [0.15, 0.2) is 54.6 Å². The van der Waals surface area contributed by atoms with Gasteiger partial charge in [-0.25, -0.2) is 30.7 Å². The second-order valence-electron chi connectivity index (χ2n) is 9.60. The van der Waals surface area contributed by atoms with Crippen LogP contribution in [0.5, 0.6) is 11.5 Å². The summed E-state index contributed by atoms with van der Waals surface area (Å²) in [5.74, 6) is -9.00. The maximum absolute atomic E-state index is 14.9. The van der Waals surface area contributed by atoms with Gasteiger partial charge >= 0.3 is 12.3 Å². The first-order valence-corrected chi connectivity index (χ1v) is 13.1. The zero-order chi connectivity index (χ0) is 34.0. The van der Waals surface area contributed by atoms with Gasteiger partial charge in [0.25, 0.3) is 0 Å². The first-order chi connectivity index (χ1) is 21.5. The van der Waals surface area contributed by atoms with E-state index < -0.39 is 92.1 Å². The predicted molar refractivity (Wildman–Crippen MR) is 140 cm³/mol. The number of hydrogen-bond acceptors (Lipinski definition) is 2. The highest BCUT2D eigenvalue weighted by Gasteiger charge is 2.41. The minimum absolute atomic E-state index is 0.0857. The SMILES string of the molecule is CCCCOc1cc(F)c(C(F)(F)Oc2ccc(-c3cc(F)c(C#Cc4cc(F)c(C(F)(F)F)c(F)c4)c(F)c3)c(F)c2)c(F)c1. The molecule has 0 radical (unpaired) electrons. The molecular weight excluding hydrogens is 644 g/mol. The van der Waals surface area contributed by atoms with Crippen molar-refractivity contribution in [1.82, 2.24) is 0 Å². The van der Waals surface area contributed by atoms with Crippen molar-refractivity contribution in [3.05, 3.63) is 118 Å². The summed E-state index contributed by atoms with van der Waals surface area (Å²) in [6, 6.07) is 4.54. The summed E-state index contributed by atoms with van der Waals surface area (Å²) in [6.07, 6.45) is -8.74. The van der Waals surface area contributed by atoms with Gasteiger partial charge in [0.1, 0.15) is 63.3 Å². The van der Waals surface area contributed by atoms with E-state index in [0.29, 0.717) is 43.2 Å². The summed E-state index contributed by atoms with van der Waals surface area (Å²) in [5.41, 5.74) is -6.63. The molecule has 14 heteroatoms. The molecule has 0 spiro atoms. The Kier molecular flexibility index (Phi) is 9.84. The zero-order valence-electron chi connectivity index (χ0n) is 23.2. The highest BCUT2D eigenvalue weighted by atomic mass is 19.4. The van der Waals surface area contributed by atoms with Gasteiger partial charge < -0.3 is 9.47 Å². The van der Waals surface area contributed by atoms with E-state index in [2.05, 4.69) is 4.74 Å². The molecule has 4 rings (SSSR count). The van der Waals surface area contributed by atoms with Gasteiger partial charge in [-0.05, 0) is 48.4 Å². The van der Waals surface area contributed by atoms with Crippen LogP contribution >= 0.6 is 0 Å². The summed E-state index contributed by atoms with van der Waals surface area (Å²) in [4.78, 5) is 0. The molecule has 242 valence electrons. The summed E-state index contributed by atoms with van der Waals surface area (Å²) < 4.78 is 178. The van der Waals surface area contributed by atoms with Gasteiger partial charge in [-0.2, -0.15) is 22.0 Å². The van der Waals surface area contributed by atoms with E-state index in [0.717, 1.165) is 12.1 Å². The van der Waals surface area contributed by atoms with Crippen LogP contribution in [0.25, 0.3) is 11.1 Å². The van der Waals surface area contributed by atoms with Gasteiger partial charge in [0, 0.05) is 29.3 Å². The zero-order valence-corrected chi connectivity index (χ0v) is 23.2. The molecule has 0 unspecified atom stereocenters. The smallest absolute Gasteiger partial charge is 0.432 e. The molecule has 0 aromatic heterocycles. The monoisotopic (exact) mass is 662 g/mol. The predicted octanol–water partition coefficient (Wildman–Crippen LogP) is 10.1. The first kappa shape index (κ1) is 34.1. The molecule has 0 aliphatic carbocycles. The number of hydrogen-bond donors (Lipinski definition) is 0.